The van der Waals surface area contributed by atoms with Crippen LogP contribution in [0, 0.1) is 17.0 Å². The van der Waals surface area contributed by atoms with Crippen LogP contribution in [0.2, 0.25) is 0 Å². The number of fused-ring (bicyclic) bond motifs is 1. The second kappa shape index (κ2) is 5.41. The molecule has 8 heteroatoms. The highest BCUT2D eigenvalue weighted by Gasteiger charge is 2.22. The number of nitro benzene ring substituents is 1. The second-order valence-corrected chi connectivity index (χ2v) is 5.51. The molecular weight excluding hydrogens is 282 g/mol. The molecule has 20 heavy (non-hydrogen) atoms. The lowest BCUT2D eigenvalue weighted by Gasteiger charge is -2.13. The summed E-state index contributed by atoms with van der Waals surface area (Å²) >= 11 is 1.36. The van der Waals surface area contributed by atoms with E-state index in [1.54, 1.807) is 6.92 Å². The van der Waals surface area contributed by atoms with Crippen molar-refractivity contribution in [2.75, 3.05) is 5.32 Å². The van der Waals surface area contributed by atoms with E-state index in [-0.39, 0.29) is 11.4 Å². The number of anilines is 1. The summed E-state index contributed by atoms with van der Waals surface area (Å²) < 4.78 is 0.711. The lowest BCUT2D eigenvalue weighted by atomic mass is 10.2. The van der Waals surface area contributed by atoms with Crippen LogP contribution in [0.15, 0.2) is 12.1 Å². The highest BCUT2D eigenvalue weighted by atomic mass is 32.1. The predicted octanol–water partition coefficient (Wildman–Crippen LogP) is 2.79. The fourth-order valence-corrected chi connectivity index (χ4v) is 2.71. The molecule has 0 bridgehead atoms. The number of carboxylic acid groups (broad SMARTS) is 1. The summed E-state index contributed by atoms with van der Waals surface area (Å²) in [5, 5.41) is 23.7. The number of nitrogens with zero attached hydrogens (tertiary/aromatic N) is 2. The topological polar surface area (TPSA) is 105 Å². The van der Waals surface area contributed by atoms with Crippen molar-refractivity contribution in [1.29, 1.82) is 0 Å². The first-order valence-corrected chi connectivity index (χ1v) is 6.79. The first-order chi connectivity index (χ1) is 9.42. The molecule has 1 heterocycles. The van der Waals surface area contributed by atoms with Gasteiger partial charge in [0.15, 0.2) is 0 Å². The van der Waals surface area contributed by atoms with Crippen molar-refractivity contribution in [3.8, 4) is 0 Å². The quantitative estimate of drug-likeness (QED) is 0.649. The summed E-state index contributed by atoms with van der Waals surface area (Å²) in [6.45, 7) is 3.51. The van der Waals surface area contributed by atoms with E-state index in [9.17, 15) is 14.9 Å². The van der Waals surface area contributed by atoms with Crippen LogP contribution in [-0.2, 0) is 4.79 Å². The third-order valence-corrected chi connectivity index (χ3v) is 3.78. The predicted molar refractivity (Wildman–Crippen MR) is 76.3 cm³/mol. The van der Waals surface area contributed by atoms with Crippen molar-refractivity contribution in [1.82, 2.24) is 4.98 Å². The van der Waals surface area contributed by atoms with E-state index in [2.05, 4.69) is 10.3 Å². The summed E-state index contributed by atoms with van der Waals surface area (Å²) in [4.78, 5) is 25.9. The SMILES string of the molecule is CCC(Nc1cc2nc(C)sc2cc1[N+](=O)[O-])C(=O)O. The van der Waals surface area contributed by atoms with Crippen LogP contribution in [-0.4, -0.2) is 27.0 Å². The molecular formula is C12H13N3O4S. The number of benzene rings is 1. The third kappa shape index (κ3) is 2.69. The highest BCUT2D eigenvalue weighted by Crippen LogP contribution is 2.33. The minimum absolute atomic E-state index is 0.138. The Morgan fingerprint density at radius 3 is 2.85 bits per heavy atom. The van der Waals surface area contributed by atoms with Gasteiger partial charge in [-0.15, -0.1) is 11.3 Å². The second-order valence-electron chi connectivity index (χ2n) is 4.27. The summed E-state index contributed by atoms with van der Waals surface area (Å²) in [6.07, 6.45) is 0.320. The molecule has 1 aromatic heterocycles. The molecule has 2 rings (SSSR count). The molecule has 1 atom stereocenters. The molecule has 0 fully saturated rings. The van der Waals surface area contributed by atoms with E-state index < -0.39 is 16.9 Å². The van der Waals surface area contributed by atoms with Gasteiger partial charge in [-0.25, -0.2) is 9.78 Å². The Balaban J connectivity index is 2.51. The van der Waals surface area contributed by atoms with Crippen molar-refractivity contribution in [2.24, 2.45) is 0 Å². The zero-order valence-electron chi connectivity index (χ0n) is 10.9. The molecule has 0 radical (unpaired) electrons. The van der Waals surface area contributed by atoms with E-state index in [4.69, 9.17) is 5.11 Å². The molecule has 0 aliphatic heterocycles. The molecule has 7 nitrogen and oxygen atoms in total. The van der Waals surface area contributed by atoms with Gasteiger partial charge in [0, 0.05) is 6.07 Å². The number of carboxylic acids is 1. The monoisotopic (exact) mass is 295 g/mol. The summed E-state index contributed by atoms with van der Waals surface area (Å²) in [5.41, 5.74) is 0.670. The smallest absolute Gasteiger partial charge is 0.326 e. The maximum absolute atomic E-state index is 11.1. The van der Waals surface area contributed by atoms with Crippen LogP contribution in [0.25, 0.3) is 10.2 Å². The van der Waals surface area contributed by atoms with Gasteiger partial charge < -0.3 is 10.4 Å². The number of aryl methyl sites for hydroxylation is 1. The van der Waals surface area contributed by atoms with Gasteiger partial charge in [-0.2, -0.15) is 0 Å². The normalized spacial score (nSPS) is 12.3. The van der Waals surface area contributed by atoms with Gasteiger partial charge in [0.25, 0.3) is 5.69 Å². The minimum atomic E-state index is -1.05. The minimum Gasteiger partial charge on any atom is -0.480 e. The summed E-state index contributed by atoms with van der Waals surface area (Å²) in [5.74, 6) is -1.05. The first kappa shape index (κ1) is 14.2. The number of rotatable bonds is 5. The van der Waals surface area contributed by atoms with Crippen LogP contribution >= 0.6 is 11.3 Å². The molecule has 1 aromatic carbocycles. The van der Waals surface area contributed by atoms with Gasteiger partial charge in [0.2, 0.25) is 0 Å². The van der Waals surface area contributed by atoms with Gasteiger partial charge in [-0.05, 0) is 19.4 Å². The van der Waals surface area contributed by atoms with Gasteiger partial charge in [0.05, 0.1) is 20.1 Å². The standard InChI is InChI=1S/C12H13N3O4S/c1-3-7(12(16)17)14-8-4-9-11(20-6(2)13-9)5-10(8)15(18)19/h4-5,7,14H,3H2,1-2H3,(H,16,17). The zero-order chi connectivity index (χ0) is 14.9. The number of hydrogen-bond donors (Lipinski definition) is 2. The Morgan fingerprint density at radius 2 is 2.30 bits per heavy atom. The number of hydrogen-bond acceptors (Lipinski definition) is 6. The number of nitrogens with one attached hydrogen (secondary N) is 1. The van der Waals surface area contributed by atoms with Crippen molar-refractivity contribution in [3.63, 3.8) is 0 Å². The number of thiazole rings is 1. The van der Waals surface area contributed by atoms with Crippen LogP contribution in [0.5, 0.6) is 0 Å². The highest BCUT2D eigenvalue weighted by molar-refractivity contribution is 7.18. The molecule has 106 valence electrons. The molecule has 0 saturated carbocycles. The van der Waals surface area contributed by atoms with Crippen molar-refractivity contribution >= 4 is 38.9 Å². The lowest BCUT2D eigenvalue weighted by molar-refractivity contribution is -0.383. The number of carbonyl (C=O) groups is 1. The average Bonchev–Trinajstić information content (AvgIpc) is 2.73. The molecule has 2 aromatic rings. The molecule has 2 N–H and O–H groups in total. The van der Waals surface area contributed by atoms with E-state index in [1.807, 2.05) is 6.92 Å². The van der Waals surface area contributed by atoms with Crippen LogP contribution in [0.1, 0.15) is 18.4 Å². The molecule has 0 aliphatic carbocycles. The number of aromatic nitrogens is 1. The Morgan fingerprint density at radius 1 is 1.60 bits per heavy atom. The third-order valence-electron chi connectivity index (χ3n) is 2.85. The first-order valence-electron chi connectivity index (χ1n) is 5.97. The molecule has 1 unspecified atom stereocenters. The maximum Gasteiger partial charge on any atom is 0.326 e. The van der Waals surface area contributed by atoms with E-state index in [0.29, 0.717) is 16.6 Å². The molecule has 0 spiro atoms. The lowest BCUT2D eigenvalue weighted by Crippen LogP contribution is -2.28. The molecule has 0 saturated heterocycles. The van der Waals surface area contributed by atoms with Crippen molar-refractivity contribution in [3.05, 3.63) is 27.3 Å². The van der Waals surface area contributed by atoms with Gasteiger partial charge in [-0.1, -0.05) is 6.92 Å². The zero-order valence-corrected chi connectivity index (χ0v) is 11.7. The Kier molecular flexibility index (Phi) is 3.84. The summed E-state index contributed by atoms with van der Waals surface area (Å²) in [7, 11) is 0. The van der Waals surface area contributed by atoms with Gasteiger partial charge in [-0.3, -0.25) is 10.1 Å². The van der Waals surface area contributed by atoms with E-state index in [1.165, 1.54) is 23.5 Å². The van der Waals surface area contributed by atoms with Gasteiger partial charge in [0.1, 0.15) is 11.7 Å². The van der Waals surface area contributed by atoms with Gasteiger partial charge >= 0.3 is 5.97 Å². The molecule has 0 amide bonds. The maximum atomic E-state index is 11.1. The number of nitro groups is 1. The Bertz CT molecular complexity index is 683. The van der Waals surface area contributed by atoms with Crippen LogP contribution in [0.3, 0.4) is 0 Å². The van der Waals surface area contributed by atoms with E-state index in [0.717, 1.165) is 5.01 Å². The summed E-state index contributed by atoms with van der Waals surface area (Å²) in [6, 6.07) is 2.09. The van der Waals surface area contributed by atoms with Crippen LogP contribution < -0.4 is 5.32 Å². The Labute approximate surface area is 118 Å². The number of aliphatic carboxylic acids is 1. The van der Waals surface area contributed by atoms with Crippen molar-refractivity contribution in [2.45, 2.75) is 26.3 Å². The Hall–Kier alpha value is -2.22. The average molecular weight is 295 g/mol. The fraction of sp³-hybridized carbons (Fsp3) is 0.333. The fourth-order valence-electron chi connectivity index (χ4n) is 1.87. The largest absolute Gasteiger partial charge is 0.480 e. The van der Waals surface area contributed by atoms with Crippen molar-refractivity contribution < 1.29 is 14.8 Å². The van der Waals surface area contributed by atoms with Crippen LogP contribution in [0.4, 0.5) is 11.4 Å². The molecule has 0 aliphatic rings. The van der Waals surface area contributed by atoms with E-state index >= 15 is 0 Å².